The Morgan fingerprint density at radius 1 is 1.09 bits per heavy atom. The average Bonchev–Trinajstić information content (AvgIpc) is 2.60. The van der Waals surface area contributed by atoms with E-state index in [4.69, 9.17) is 0 Å². The third-order valence-corrected chi connectivity index (χ3v) is 3.28. The van der Waals surface area contributed by atoms with Gasteiger partial charge < -0.3 is 5.32 Å². The molecule has 0 atom stereocenters. The van der Waals surface area contributed by atoms with Gasteiger partial charge in [-0.05, 0) is 37.1 Å². The van der Waals surface area contributed by atoms with Crippen molar-refractivity contribution in [2.45, 2.75) is 20.3 Å². The lowest BCUT2D eigenvalue weighted by atomic mass is 10.1. The monoisotopic (exact) mass is 310 g/mol. The average molecular weight is 310 g/mol. The Balaban J connectivity index is 1.99. The molecule has 0 saturated carbocycles. The predicted octanol–water partition coefficient (Wildman–Crippen LogP) is 2.12. The summed E-state index contributed by atoms with van der Waals surface area (Å²) in [5.41, 5.74) is 5.25. The highest BCUT2D eigenvalue weighted by atomic mass is 16.2. The van der Waals surface area contributed by atoms with Crippen molar-refractivity contribution in [1.29, 1.82) is 0 Å². The number of hydrogen-bond acceptors (Lipinski definition) is 4. The first-order chi connectivity index (χ1) is 11.1. The number of hydrogen-bond donors (Lipinski definition) is 2. The van der Waals surface area contributed by atoms with E-state index in [1.54, 1.807) is 43.6 Å². The molecule has 0 fully saturated rings. The van der Waals surface area contributed by atoms with Crippen molar-refractivity contribution in [3.8, 4) is 0 Å². The third kappa shape index (κ3) is 4.47. The summed E-state index contributed by atoms with van der Waals surface area (Å²) in [5, 5.41) is 6.52. The molecule has 0 aliphatic carbocycles. The van der Waals surface area contributed by atoms with Crippen molar-refractivity contribution in [2.75, 3.05) is 5.32 Å². The largest absolute Gasteiger partial charge is 0.329 e. The van der Waals surface area contributed by atoms with Gasteiger partial charge in [0.15, 0.2) is 0 Å². The number of pyridine rings is 1. The molecular formula is C17H18N4O2. The molecule has 0 radical (unpaired) electrons. The Labute approximate surface area is 134 Å². The molecule has 0 aliphatic heterocycles. The molecule has 1 heterocycles. The number of aromatic nitrogens is 1. The van der Waals surface area contributed by atoms with Gasteiger partial charge in [0.05, 0.1) is 5.71 Å². The van der Waals surface area contributed by atoms with E-state index in [-0.39, 0.29) is 0 Å². The number of rotatable bonds is 4. The van der Waals surface area contributed by atoms with Crippen molar-refractivity contribution in [3.63, 3.8) is 0 Å². The molecular weight excluding hydrogens is 292 g/mol. The van der Waals surface area contributed by atoms with Gasteiger partial charge in [-0.25, -0.2) is 5.43 Å². The van der Waals surface area contributed by atoms with Gasteiger partial charge in [0, 0.05) is 23.6 Å². The van der Waals surface area contributed by atoms with Gasteiger partial charge in [-0.1, -0.05) is 25.1 Å². The SMILES string of the molecule is CCc1ccccc1NC(=O)C(=O)N/N=C(\C)c1ccncc1. The predicted molar refractivity (Wildman–Crippen MR) is 89.0 cm³/mol. The normalized spacial score (nSPS) is 11.0. The zero-order valence-electron chi connectivity index (χ0n) is 13.0. The molecule has 0 saturated heterocycles. The van der Waals surface area contributed by atoms with Gasteiger partial charge in [-0.15, -0.1) is 0 Å². The second-order valence-electron chi connectivity index (χ2n) is 4.84. The minimum absolute atomic E-state index is 0.586. The number of nitrogens with one attached hydrogen (secondary N) is 2. The highest BCUT2D eigenvalue weighted by molar-refractivity contribution is 6.39. The number of carbonyl (C=O) groups is 2. The first-order valence-corrected chi connectivity index (χ1v) is 7.25. The molecule has 0 aliphatic rings. The molecule has 2 amide bonds. The molecule has 0 unspecified atom stereocenters. The number of carbonyl (C=O) groups excluding carboxylic acids is 2. The minimum atomic E-state index is -0.815. The molecule has 23 heavy (non-hydrogen) atoms. The number of anilines is 1. The van der Waals surface area contributed by atoms with E-state index < -0.39 is 11.8 Å². The molecule has 0 bridgehead atoms. The summed E-state index contributed by atoms with van der Waals surface area (Å²) < 4.78 is 0. The fourth-order valence-electron chi connectivity index (χ4n) is 1.97. The zero-order valence-corrected chi connectivity index (χ0v) is 13.0. The fraction of sp³-hybridized carbons (Fsp3) is 0.176. The van der Waals surface area contributed by atoms with Gasteiger partial charge in [0.1, 0.15) is 0 Å². The smallest absolute Gasteiger partial charge is 0.317 e. The van der Waals surface area contributed by atoms with Gasteiger partial charge in [-0.3, -0.25) is 14.6 Å². The van der Waals surface area contributed by atoms with E-state index in [0.29, 0.717) is 11.4 Å². The van der Waals surface area contributed by atoms with Crippen LogP contribution in [0, 0.1) is 0 Å². The maximum Gasteiger partial charge on any atom is 0.329 e. The van der Waals surface area contributed by atoms with E-state index >= 15 is 0 Å². The van der Waals surface area contributed by atoms with E-state index in [0.717, 1.165) is 17.5 Å². The molecule has 2 aromatic rings. The summed E-state index contributed by atoms with van der Waals surface area (Å²) in [4.78, 5) is 27.7. The molecule has 1 aromatic carbocycles. The van der Waals surface area contributed by atoms with Crippen molar-refractivity contribution < 1.29 is 9.59 Å². The van der Waals surface area contributed by atoms with Crippen molar-refractivity contribution in [1.82, 2.24) is 10.4 Å². The summed E-state index contributed by atoms with van der Waals surface area (Å²) in [6, 6.07) is 10.9. The molecule has 0 spiro atoms. The summed E-state index contributed by atoms with van der Waals surface area (Å²) in [6.07, 6.45) is 4.02. The molecule has 1 aromatic heterocycles. The van der Waals surface area contributed by atoms with Crippen LogP contribution in [0.3, 0.4) is 0 Å². The highest BCUT2D eigenvalue weighted by Crippen LogP contribution is 2.15. The molecule has 2 rings (SSSR count). The standard InChI is InChI=1S/C17H18N4O2/c1-3-13-6-4-5-7-15(13)19-16(22)17(23)21-20-12(2)14-8-10-18-11-9-14/h4-11H,3H2,1-2H3,(H,19,22)(H,21,23)/b20-12+. The van der Waals surface area contributed by atoms with Crippen LogP contribution in [0.25, 0.3) is 0 Å². The molecule has 2 N–H and O–H groups in total. The topological polar surface area (TPSA) is 83.5 Å². The van der Waals surface area contributed by atoms with Crippen molar-refractivity contribution >= 4 is 23.2 Å². The van der Waals surface area contributed by atoms with Gasteiger partial charge in [0.2, 0.25) is 0 Å². The number of nitrogens with zero attached hydrogens (tertiary/aromatic N) is 2. The van der Waals surface area contributed by atoms with Crippen molar-refractivity contribution in [3.05, 3.63) is 59.9 Å². The van der Waals surface area contributed by atoms with Crippen LogP contribution in [0.15, 0.2) is 53.9 Å². The number of para-hydroxylation sites is 1. The lowest BCUT2D eigenvalue weighted by Crippen LogP contribution is -2.33. The maximum absolute atomic E-state index is 11.9. The molecule has 6 heteroatoms. The number of benzene rings is 1. The minimum Gasteiger partial charge on any atom is -0.317 e. The van der Waals surface area contributed by atoms with Crippen LogP contribution in [0.1, 0.15) is 25.0 Å². The van der Waals surface area contributed by atoms with E-state index in [2.05, 4.69) is 20.8 Å². The van der Waals surface area contributed by atoms with Crippen LogP contribution in [0.5, 0.6) is 0 Å². The molecule has 118 valence electrons. The first-order valence-electron chi connectivity index (χ1n) is 7.25. The summed E-state index contributed by atoms with van der Waals surface area (Å²) >= 11 is 0. The Bertz CT molecular complexity index is 726. The number of amides is 2. The van der Waals surface area contributed by atoms with E-state index in [1.165, 1.54) is 0 Å². The Morgan fingerprint density at radius 2 is 1.78 bits per heavy atom. The zero-order chi connectivity index (χ0) is 16.7. The second kappa shape index (κ2) is 7.84. The number of aryl methyl sites for hydroxylation is 1. The van der Waals surface area contributed by atoms with Gasteiger partial charge in [0.25, 0.3) is 0 Å². The first kappa shape index (κ1) is 16.4. The lowest BCUT2D eigenvalue weighted by molar-refractivity contribution is -0.136. The van der Waals surface area contributed by atoms with Crippen LogP contribution in [0.4, 0.5) is 5.69 Å². The Morgan fingerprint density at radius 3 is 2.48 bits per heavy atom. The summed E-state index contributed by atoms with van der Waals surface area (Å²) in [7, 11) is 0. The number of hydrazone groups is 1. The van der Waals surface area contributed by atoms with E-state index in [9.17, 15) is 9.59 Å². The third-order valence-electron chi connectivity index (χ3n) is 3.28. The summed E-state index contributed by atoms with van der Waals surface area (Å²) in [6.45, 7) is 3.72. The van der Waals surface area contributed by atoms with Gasteiger partial charge >= 0.3 is 11.8 Å². The molecule has 6 nitrogen and oxygen atoms in total. The van der Waals surface area contributed by atoms with Crippen LogP contribution in [0.2, 0.25) is 0 Å². The Hall–Kier alpha value is -3.02. The van der Waals surface area contributed by atoms with Crippen LogP contribution < -0.4 is 10.7 Å². The lowest BCUT2D eigenvalue weighted by Gasteiger charge is -2.08. The summed E-state index contributed by atoms with van der Waals surface area (Å²) in [5.74, 6) is -1.57. The fourth-order valence-corrected chi connectivity index (χ4v) is 1.97. The van der Waals surface area contributed by atoms with E-state index in [1.807, 2.05) is 19.1 Å². The van der Waals surface area contributed by atoms with Crippen molar-refractivity contribution in [2.24, 2.45) is 5.10 Å². The Kier molecular flexibility index (Phi) is 5.57. The maximum atomic E-state index is 11.9. The second-order valence-corrected chi connectivity index (χ2v) is 4.84. The highest BCUT2D eigenvalue weighted by Gasteiger charge is 2.14. The van der Waals surface area contributed by atoms with Crippen LogP contribution >= 0.6 is 0 Å². The quantitative estimate of drug-likeness (QED) is 0.515. The van der Waals surface area contributed by atoms with Crippen LogP contribution in [-0.4, -0.2) is 22.5 Å². The van der Waals surface area contributed by atoms with Crippen LogP contribution in [-0.2, 0) is 16.0 Å². The van der Waals surface area contributed by atoms with Gasteiger partial charge in [-0.2, -0.15) is 5.10 Å².